The van der Waals surface area contributed by atoms with Crippen LogP contribution in [0.1, 0.15) is 27.7 Å². The molecule has 0 aromatic rings. The smallest absolute Gasteiger partial charge is 0.0171 e. The molecule has 0 aromatic heterocycles. The van der Waals surface area contributed by atoms with Gasteiger partial charge in [0.25, 0.3) is 0 Å². The van der Waals surface area contributed by atoms with Gasteiger partial charge in [0, 0.05) is 5.25 Å². The largest absolute Gasteiger partial charge is 0.172 e. The van der Waals surface area contributed by atoms with Gasteiger partial charge in [0.15, 0.2) is 0 Å². The molecule has 74 valence electrons. The molecule has 1 unspecified atom stereocenters. The van der Waals surface area contributed by atoms with Gasteiger partial charge in [-0.2, -0.15) is 12.6 Å². The van der Waals surface area contributed by atoms with E-state index in [0.717, 1.165) is 0 Å². The van der Waals surface area contributed by atoms with Crippen LogP contribution in [0.4, 0.5) is 0 Å². The van der Waals surface area contributed by atoms with Crippen molar-refractivity contribution in [2.24, 2.45) is 5.92 Å². The molecule has 0 fully saturated rings. The van der Waals surface area contributed by atoms with Crippen molar-refractivity contribution in [2.75, 3.05) is 0 Å². The van der Waals surface area contributed by atoms with E-state index in [-0.39, 0.29) is 0 Å². The highest BCUT2D eigenvalue weighted by molar-refractivity contribution is 7.81. The summed E-state index contributed by atoms with van der Waals surface area (Å²) in [6.45, 7) is 8.49. The van der Waals surface area contributed by atoms with Gasteiger partial charge < -0.3 is 0 Å². The minimum absolute atomic E-state index is 0.329. The summed E-state index contributed by atoms with van der Waals surface area (Å²) >= 11 is 4.27. The zero-order chi connectivity index (χ0) is 10.3. The lowest BCUT2D eigenvalue weighted by Crippen LogP contribution is -1.89. The maximum atomic E-state index is 4.27. The maximum Gasteiger partial charge on any atom is 0.0171 e. The van der Waals surface area contributed by atoms with Crippen molar-refractivity contribution in [1.82, 2.24) is 0 Å². The first kappa shape index (κ1) is 12.6. The standard InChI is InChI=1S/C12H20S/c1-5-7-12(10(2)3)9-6-8-11(4)13/h5-11,13H,1-4H3/b7-5-,8-6-,12-9+. The Labute approximate surface area is 87.8 Å². The van der Waals surface area contributed by atoms with Crippen LogP contribution in [0.2, 0.25) is 0 Å². The second-order valence-electron chi connectivity index (χ2n) is 3.45. The topological polar surface area (TPSA) is 0 Å². The van der Waals surface area contributed by atoms with Crippen LogP contribution in [-0.4, -0.2) is 5.25 Å². The first-order chi connectivity index (χ1) is 6.07. The Hall–Kier alpha value is -0.430. The number of thiol groups is 1. The second-order valence-corrected chi connectivity index (χ2v) is 4.26. The van der Waals surface area contributed by atoms with E-state index in [1.165, 1.54) is 5.57 Å². The van der Waals surface area contributed by atoms with Gasteiger partial charge in [-0.15, -0.1) is 0 Å². The average molecular weight is 196 g/mol. The van der Waals surface area contributed by atoms with Crippen molar-refractivity contribution in [3.05, 3.63) is 36.0 Å². The Morgan fingerprint density at radius 2 is 1.85 bits per heavy atom. The summed E-state index contributed by atoms with van der Waals surface area (Å²) in [6, 6.07) is 0. The van der Waals surface area contributed by atoms with Crippen molar-refractivity contribution in [3.63, 3.8) is 0 Å². The SMILES string of the molecule is C\C=C/C(=C\C=C/C(C)S)C(C)C. The van der Waals surface area contributed by atoms with Crippen LogP contribution in [0, 0.1) is 5.92 Å². The molecular weight excluding hydrogens is 176 g/mol. The fourth-order valence-corrected chi connectivity index (χ4v) is 1.06. The lowest BCUT2D eigenvalue weighted by atomic mass is 10.0. The Morgan fingerprint density at radius 3 is 2.23 bits per heavy atom. The van der Waals surface area contributed by atoms with Crippen LogP contribution in [0.15, 0.2) is 36.0 Å². The van der Waals surface area contributed by atoms with Crippen molar-refractivity contribution < 1.29 is 0 Å². The maximum absolute atomic E-state index is 4.27. The van der Waals surface area contributed by atoms with Crippen LogP contribution < -0.4 is 0 Å². The van der Waals surface area contributed by atoms with Crippen molar-refractivity contribution in [3.8, 4) is 0 Å². The van der Waals surface area contributed by atoms with E-state index in [9.17, 15) is 0 Å². The van der Waals surface area contributed by atoms with E-state index in [2.05, 4.69) is 63.8 Å². The predicted octanol–water partition coefficient (Wildman–Crippen LogP) is 4.02. The quantitative estimate of drug-likeness (QED) is 0.509. The van der Waals surface area contributed by atoms with Crippen molar-refractivity contribution >= 4 is 12.6 Å². The molecule has 0 nitrogen and oxygen atoms in total. The number of hydrogen-bond acceptors (Lipinski definition) is 1. The summed E-state index contributed by atoms with van der Waals surface area (Å²) in [5.74, 6) is 0.580. The highest BCUT2D eigenvalue weighted by atomic mass is 32.1. The van der Waals surface area contributed by atoms with Crippen molar-refractivity contribution in [1.29, 1.82) is 0 Å². The highest BCUT2D eigenvalue weighted by Gasteiger charge is 1.95. The Bertz CT molecular complexity index is 207. The number of rotatable bonds is 4. The zero-order valence-corrected chi connectivity index (χ0v) is 9.88. The Balaban J connectivity index is 4.36. The van der Waals surface area contributed by atoms with Crippen LogP contribution in [0.5, 0.6) is 0 Å². The number of hydrogen-bond donors (Lipinski definition) is 1. The molecule has 0 bridgehead atoms. The summed E-state index contributed by atoms with van der Waals surface area (Å²) in [5, 5.41) is 0.329. The van der Waals surface area contributed by atoms with Gasteiger partial charge in [-0.1, -0.05) is 44.2 Å². The molecule has 0 aromatic carbocycles. The zero-order valence-electron chi connectivity index (χ0n) is 8.99. The molecular formula is C12H20S. The normalized spacial score (nSPS) is 16.3. The van der Waals surface area contributed by atoms with Crippen LogP contribution >= 0.6 is 12.6 Å². The van der Waals surface area contributed by atoms with Gasteiger partial charge in [0.05, 0.1) is 0 Å². The lowest BCUT2D eigenvalue weighted by molar-refractivity contribution is 0.791. The molecule has 0 saturated carbocycles. The van der Waals surface area contributed by atoms with Gasteiger partial charge in [-0.3, -0.25) is 0 Å². The fourth-order valence-electron chi connectivity index (χ4n) is 0.960. The molecule has 0 spiro atoms. The third-order valence-electron chi connectivity index (χ3n) is 1.70. The molecule has 0 aliphatic carbocycles. The molecule has 0 heterocycles. The molecule has 0 N–H and O–H groups in total. The minimum Gasteiger partial charge on any atom is -0.172 e. The average Bonchev–Trinajstić information content (AvgIpc) is 2.02. The van der Waals surface area contributed by atoms with Crippen LogP contribution in [0.25, 0.3) is 0 Å². The van der Waals surface area contributed by atoms with Gasteiger partial charge >= 0.3 is 0 Å². The summed E-state index contributed by atoms with van der Waals surface area (Å²) in [6.07, 6.45) is 10.5. The van der Waals surface area contributed by atoms with Gasteiger partial charge in [0.1, 0.15) is 0 Å². The summed E-state index contributed by atoms with van der Waals surface area (Å²) in [7, 11) is 0. The first-order valence-corrected chi connectivity index (χ1v) is 5.28. The van der Waals surface area contributed by atoms with E-state index in [1.54, 1.807) is 0 Å². The molecule has 0 radical (unpaired) electrons. The van der Waals surface area contributed by atoms with E-state index in [4.69, 9.17) is 0 Å². The van der Waals surface area contributed by atoms with E-state index in [1.807, 2.05) is 6.92 Å². The highest BCUT2D eigenvalue weighted by Crippen LogP contribution is 2.11. The molecule has 0 saturated heterocycles. The van der Waals surface area contributed by atoms with E-state index < -0.39 is 0 Å². The molecule has 0 aliphatic rings. The third kappa shape index (κ3) is 6.71. The van der Waals surface area contributed by atoms with Gasteiger partial charge in [0.2, 0.25) is 0 Å². The molecule has 0 amide bonds. The lowest BCUT2D eigenvalue weighted by Gasteiger charge is -2.04. The molecule has 0 rings (SSSR count). The second kappa shape index (κ2) is 7.02. The molecule has 1 heteroatoms. The van der Waals surface area contributed by atoms with Gasteiger partial charge in [-0.05, 0) is 25.3 Å². The molecule has 1 atom stereocenters. The van der Waals surface area contributed by atoms with Crippen LogP contribution in [0.3, 0.4) is 0 Å². The van der Waals surface area contributed by atoms with Crippen LogP contribution in [-0.2, 0) is 0 Å². The summed E-state index contributed by atoms with van der Waals surface area (Å²) in [5.41, 5.74) is 1.35. The number of allylic oxidation sites excluding steroid dienone is 5. The third-order valence-corrected chi connectivity index (χ3v) is 1.88. The first-order valence-electron chi connectivity index (χ1n) is 4.77. The van der Waals surface area contributed by atoms with E-state index in [0.29, 0.717) is 11.2 Å². The Kier molecular flexibility index (Phi) is 6.79. The van der Waals surface area contributed by atoms with Crippen molar-refractivity contribution in [2.45, 2.75) is 32.9 Å². The molecule has 13 heavy (non-hydrogen) atoms. The van der Waals surface area contributed by atoms with E-state index >= 15 is 0 Å². The summed E-state index contributed by atoms with van der Waals surface area (Å²) < 4.78 is 0. The minimum atomic E-state index is 0.329. The fraction of sp³-hybridized carbons (Fsp3) is 0.500. The Morgan fingerprint density at radius 1 is 1.23 bits per heavy atom. The monoisotopic (exact) mass is 196 g/mol. The summed E-state index contributed by atoms with van der Waals surface area (Å²) in [4.78, 5) is 0. The van der Waals surface area contributed by atoms with Gasteiger partial charge in [-0.25, -0.2) is 0 Å². The predicted molar refractivity (Wildman–Crippen MR) is 65.3 cm³/mol. The molecule has 0 aliphatic heterocycles.